The van der Waals surface area contributed by atoms with Gasteiger partial charge >= 0.3 is 0 Å². The first-order valence-electron chi connectivity index (χ1n) is 7.21. The van der Waals surface area contributed by atoms with Crippen LogP contribution >= 0.6 is 11.3 Å². The molecule has 2 rings (SSSR count). The number of benzene rings is 1. The first-order valence-corrected chi connectivity index (χ1v) is 8.03. The number of aryl methyl sites for hydroxylation is 3. The van der Waals surface area contributed by atoms with E-state index < -0.39 is 0 Å². The van der Waals surface area contributed by atoms with Crippen molar-refractivity contribution in [2.75, 3.05) is 6.54 Å². The molecule has 0 fully saturated rings. The Morgan fingerprint density at radius 3 is 2.30 bits per heavy atom. The summed E-state index contributed by atoms with van der Waals surface area (Å²) in [6.45, 7) is 11.7. The normalized spacial score (nSPS) is 12.7. The first kappa shape index (κ1) is 15.1. The Labute approximate surface area is 125 Å². The molecular weight excluding hydrogens is 266 g/mol. The van der Waals surface area contributed by atoms with E-state index in [1.165, 1.54) is 22.3 Å². The van der Waals surface area contributed by atoms with Crippen LogP contribution in [0.4, 0.5) is 0 Å². The number of hydrogen-bond acceptors (Lipinski definition) is 4. The summed E-state index contributed by atoms with van der Waals surface area (Å²) in [4.78, 5) is 0. The molecule has 0 spiro atoms. The van der Waals surface area contributed by atoms with Gasteiger partial charge in [0.2, 0.25) is 0 Å². The lowest BCUT2D eigenvalue weighted by Gasteiger charge is -2.11. The molecule has 0 amide bonds. The van der Waals surface area contributed by atoms with Gasteiger partial charge in [-0.05, 0) is 44.9 Å². The summed E-state index contributed by atoms with van der Waals surface area (Å²) in [6.07, 6.45) is 1.04. The zero-order valence-electron chi connectivity index (χ0n) is 12.9. The highest BCUT2D eigenvalue weighted by Crippen LogP contribution is 2.32. The maximum absolute atomic E-state index is 4.42. The average Bonchev–Trinajstić information content (AvgIpc) is 2.84. The van der Waals surface area contributed by atoms with E-state index >= 15 is 0 Å². The fourth-order valence-corrected chi connectivity index (χ4v) is 3.82. The highest BCUT2D eigenvalue weighted by molar-refractivity contribution is 7.14. The monoisotopic (exact) mass is 289 g/mol. The molecular formula is C16H23N3S. The van der Waals surface area contributed by atoms with Gasteiger partial charge in [-0.15, -0.1) is 10.2 Å². The van der Waals surface area contributed by atoms with Crippen LogP contribution in [-0.2, 0) is 0 Å². The van der Waals surface area contributed by atoms with Crippen molar-refractivity contribution in [1.82, 2.24) is 15.5 Å². The van der Waals surface area contributed by atoms with Gasteiger partial charge in [0.05, 0.1) is 6.04 Å². The second-order valence-electron chi connectivity index (χ2n) is 5.24. The van der Waals surface area contributed by atoms with Crippen molar-refractivity contribution in [3.63, 3.8) is 0 Å². The van der Waals surface area contributed by atoms with Crippen molar-refractivity contribution >= 4 is 11.3 Å². The molecule has 1 atom stereocenters. The van der Waals surface area contributed by atoms with E-state index in [1.54, 1.807) is 11.3 Å². The number of nitrogens with zero attached hydrogens (tertiary/aromatic N) is 2. The summed E-state index contributed by atoms with van der Waals surface area (Å²) >= 11 is 1.71. The van der Waals surface area contributed by atoms with Crippen molar-refractivity contribution in [3.8, 4) is 10.6 Å². The van der Waals surface area contributed by atoms with E-state index in [1.807, 2.05) is 0 Å². The summed E-state index contributed by atoms with van der Waals surface area (Å²) in [5, 5.41) is 14.4. The fraction of sp³-hybridized carbons (Fsp3) is 0.500. The molecule has 0 bridgehead atoms. The molecule has 20 heavy (non-hydrogen) atoms. The quantitative estimate of drug-likeness (QED) is 0.897. The van der Waals surface area contributed by atoms with Gasteiger partial charge < -0.3 is 5.32 Å². The number of nitrogens with one attached hydrogen (secondary N) is 1. The molecule has 1 N–H and O–H groups in total. The molecule has 108 valence electrons. The van der Waals surface area contributed by atoms with Gasteiger partial charge in [-0.25, -0.2) is 0 Å². The van der Waals surface area contributed by atoms with Gasteiger partial charge in [0.15, 0.2) is 0 Å². The Morgan fingerprint density at radius 1 is 1.10 bits per heavy atom. The van der Waals surface area contributed by atoms with Gasteiger partial charge in [0.25, 0.3) is 0 Å². The molecule has 4 heteroatoms. The van der Waals surface area contributed by atoms with E-state index in [0.29, 0.717) is 6.04 Å². The van der Waals surface area contributed by atoms with Crippen LogP contribution in [0.2, 0.25) is 0 Å². The lowest BCUT2D eigenvalue weighted by Crippen LogP contribution is -2.19. The van der Waals surface area contributed by atoms with E-state index in [4.69, 9.17) is 0 Å². The molecule has 0 saturated heterocycles. The van der Waals surface area contributed by atoms with Crippen LogP contribution in [0, 0.1) is 20.8 Å². The van der Waals surface area contributed by atoms with Crippen LogP contribution in [0.3, 0.4) is 0 Å². The maximum atomic E-state index is 4.42. The third-order valence-electron chi connectivity index (χ3n) is 3.49. The average molecular weight is 289 g/mol. The standard InChI is InChI=1S/C16H23N3S/c1-6-13(17-7-2)15-18-19-16(20-15)14-11(4)8-10(3)9-12(14)5/h8-9,13,17H,6-7H2,1-5H3. The Morgan fingerprint density at radius 2 is 1.75 bits per heavy atom. The molecule has 0 aliphatic rings. The van der Waals surface area contributed by atoms with Gasteiger partial charge in [-0.2, -0.15) is 0 Å². The molecule has 0 saturated carbocycles. The lowest BCUT2D eigenvalue weighted by molar-refractivity contribution is 0.531. The summed E-state index contributed by atoms with van der Waals surface area (Å²) in [5.74, 6) is 0. The Bertz CT molecular complexity index is 566. The zero-order chi connectivity index (χ0) is 14.7. The van der Waals surface area contributed by atoms with Crippen LogP contribution < -0.4 is 5.32 Å². The summed E-state index contributed by atoms with van der Waals surface area (Å²) in [6, 6.07) is 4.74. The van der Waals surface area contributed by atoms with Gasteiger partial charge in [0.1, 0.15) is 10.0 Å². The van der Waals surface area contributed by atoms with Crippen LogP contribution in [0.15, 0.2) is 12.1 Å². The topological polar surface area (TPSA) is 37.8 Å². The second kappa shape index (κ2) is 6.46. The predicted molar refractivity (Wildman–Crippen MR) is 86.3 cm³/mol. The SMILES string of the molecule is CCNC(CC)c1nnc(-c2c(C)cc(C)cc2C)s1. The maximum Gasteiger partial charge on any atom is 0.148 e. The van der Waals surface area contributed by atoms with Crippen molar-refractivity contribution in [2.45, 2.75) is 47.1 Å². The Balaban J connectivity index is 2.38. The molecule has 1 aromatic heterocycles. The van der Waals surface area contributed by atoms with Crippen LogP contribution in [0.1, 0.15) is 48.0 Å². The molecule has 3 nitrogen and oxygen atoms in total. The van der Waals surface area contributed by atoms with Crippen molar-refractivity contribution in [2.24, 2.45) is 0 Å². The first-order chi connectivity index (χ1) is 9.56. The second-order valence-corrected chi connectivity index (χ2v) is 6.25. The largest absolute Gasteiger partial charge is 0.308 e. The molecule has 0 radical (unpaired) electrons. The molecule has 0 aliphatic carbocycles. The van der Waals surface area contributed by atoms with Crippen molar-refractivity contribution in [1.29, 1.82) is 0 Å². The Hall–Kier alpha value is -1.26. The minimum atomic E-state index is 0.317. The van der Waals surface area contributed by atoms with Gasteiger partial charge in [0, 0.05) is 5.56 Å². The Kier molecular flexibility index (Phi) is 4.89. The number of rotatable bonds is 5. The van der Waals surface area contributed by atoms with E-state index in [-0.39, 0.29) is 0 Å². The minimum absolute atomic E-state index is 0.317. The number of hydrogen-bond donors (Lipinski definition) is 1. The van der Waals surface area contributed by atoms with Crippen LogP contribution in [-0.4, -0.2) is 16.7 Å². The van der Waals surface area contributed by atoms with E-state index in [0.717, 1.165) is 23.0 Å². The van der Waals surface area contributed by atoms with Crippen molar-refractivity contribution in [3.05, 3.63) is 33.8 Å². The molecule has 0 aliphatic heterocycles. The summed E-state index contributed by atoms with van der Waals surface area (Å²) in [7, 11) is 0. The third-order valence-corrected chi connectivity index (χ3v) is 4.54. The molecule has 2 aromatic rings. The zero-order valence-corrected chi connectivity index (χ0v) is 13.8. The summed E-state index contributed by atoms with van der Waals surface area (Å²) in [5.41, 5.74) is 5.10. The smallest absolute Gasteiger partial charge is 0.148 e. The van der Waals surface area contributed by atoms with Crippen molar-refractivity contribution < 1.29 is 0 Å². The molecule has 1 heterocycles. The minimum Gasteiger partial charge on any atom is -0.308 e. The van der Waals surface area contributed by atoms with Crippen LogP contribution in [0.25, 0.3) is 10.6 Å². The molecule has 1 aromatic carbocycles. The highest BCUT2D eigenvalue weighted by atomic mass is 32.1. The van der Waals surface area contributed by atoms with E-state index in [2.05, 4.69) is 62.3 Å². The fourth-order valence-electron chi connectivity index (χ4n) is 2.65. The van der Waals surface area contributed by atoms with E-state index in [9.17, 15) is 0 Å². The van der Waals surface area contributed by atoms with Gasteiger partial charge in [-0.1, -0.05) is 42.9 Å². The number of aromatic nitrogens is 2. The predicted octanol–water partition coefficient (Wildman–Crippen LogP) is 4.19. The molecule has 1 unspecified atom stereocenters. The third kappa shape index (κ3) is 3.07. The highest BCUT2D eigenvalue weighted by Gasteiger charge is 2.17. The summed E-state index contributed by atoms with van der Waals surface area (Å²) < 4.78 is 0. The van der Waals surface area contributed by atoms with Gasteiger partial charge in [-0.3, -0.25) is 0 Å². The lowest BCUT2D eigenvalue weighted by atomic mass is 10.0. The van der Waals surface area contributed by atoms with Crippen LogP contribution in [0.5, 0.6) is 0 Å².